The molecule has 0 amide bonds. The van der Waals surface area contributed by atoms with Gasteiger partial charge in [0.2, 0.25) is 0 Å². The summed E-state index contributed by atoms with van der Waals surface area (Å²) in [4.78, 5) is 0. The third-order valence-electron chi connectivity index (χ3n) is 7.01. The largest absolute Gasteiger partial charge is 0.378 e. The lowest BCUT2D eigenvalue weighted by molar-refractivity contribution is -0.0174. The summed E-state index contributed by atoms with van der Waals surface area (Å²) in [7, 11) is 0. The van der Waals surface area contributed by atoms with E-state index in [-0.39, 0.29) is 0 Å². The van der Waals surface area contributed by atoms with Gasteiger partial charge in [-0.2, -0.15) is 0 Å². The molecule has 0 radical (unpaired) electrons. The SMILES string of the molecule is C1CC(COC2CCC3OC3C2)CCC1COC1CCC2OC2C1. The molecule has 0 aromatic heterocycles. The van der Waals surface area contributed by atoms with Crippen LogP contribution >= 0.6 is 0 Å². The van der Waals surface area contributed by atoms with Gasteiger partial charge in [0, 0.05) is 26.1 Å². The standard InChI is InChI=1S/C20H32O4/c1-2-14(12-22-16-6-8-18-20(10-16)24-18)4-3-13(1)11-21-15-5-7-17-19(9-15)23-17/h13-20H,1-12H2. The van der Waals surface area contributed by atoms with Crippen LogP contribution in [0.5, 0.6) is 0 Å². The van der Waals surface area contributed by atoms with E-state index < -0.39 is 0 Å². The lowest BCUT2D eigenvalue weighted by Crippen LogP contribution is -2.28. The maximum atomic E-state index is 6.20. The van der Waals surface area contributed by atoms with Gasteiger partial charge in [0.1, 0.15) is 0 Å². The van der Waals surface area contributed by atoms with Crippen LogP contribution < -0.4 is 0 Å². The fourth-order valence-electron chi connectivity index (χ4n) is 5.15. The van der Waals surface area contributed by atoms with Gasteiger partial charge >= 0.3 is 0 Å². The summed E-state index contributed by atoms with van der Waals surface area (Å²) >= 11 is 0. The Morgan fingerprint density at radius 3 is 1.42 bits per heavy atom. The second kappa shape index (κ2) is 6.86. The van der Waals surface area contributed by atoms with E-state index in [2.05, 4.69) is 0 Å². The Bertz CT molecular complexity index is 393. The molecule has 2 saturated heterocycles. The highest BCUT2D eigenvalue weighted by molar-refractivity contribution is 4.93. The summed E-state index contributed by atoms with van der Waals surface area (Å²) in [5.41, 5.74) is 0. The van der Waals surface area contributed by atoms with Gasteiger partial charge in [0.25, 0.3) is 0 Å². The minimum absolute atomic E-state index is 0.467. The van der Waals surface area contributed by atoms with Gasteiger partial charge in [0.15, 0.2) is 0 Å². The number of hydrogen-bond acceptors (Lipinski definition) is 4. The second-order valence-corrected chi connectivity index (χ2v) is 8.85. The van der Waals surface area contributed by atoms with E-state index in [4.69, 9.17) is 18.9 Å². The third kappa shape index (κ3) is 3.82. The van der Waals surface area contributed by atoms with Crippen molar-refractivity contribution >= 4 is 0 Å². The second-order valence-electron chi connectivity index (χ2n) is 8.85. The fraction of sp³-hybridized carbons (Fsp3) is 1.00. The first-order valence-corrected chi connectivity index (χ1v) is 10.4. The summed E-state index contributed by atoms with van der Waals surface area (Å²) in [6, 6.07) is 0. The number of fused-ring (bicyclic) bond motifs is 2. The van der Waals surface area contributed by atoms with Crippen LogP contribution in [0.25, 0.3) is 0 Å². The molecule has 136 valence electrons. The van der Waals surface area contributed by atoms with Gasteiger partial charge in [-0.15, -0.1) is 0 Å². The van der Waals surface area contributed by atoms with E-state index in [0.29, 0.717) is 36.6 Å². The Labute approximate surface area is 145 Å². The van der Waals surface area contributed by atoms with Crippen molar-refractivity contribution in [2.24, 2.45) is 11.8 Å². The maximum absolute atomic E-state index is 6.20. The predicted molar refractivity (Wildman–Crippen MR) is 90.0 cm³/mol. The minimum Gasteiger partial charge on any atom is -0.378 e. The fourth-order valence-corrected chi connectivity index (χ4v) is 5.15. The molecular formula is C20H32O4. The van der Waals surface area contributed by atoms with Crippen LogP contribution in [-0.2, 0) is 18.9 Å². The molecule has 5 rings (SSSR count). The normalized spacial score (nSPS) is 50.0. The lowest BCUT2D eigenvalue weighted by atomic mass is 9.82. The topological polar surface area (TPSA) is 43.5 Å². The van der Waals surface area contributed by atoms with Crippen molar-refractivity contribution in [1.29, 1.82) is 0 Å². The van der Waals surface area contributed by atoms with Gasteiger partial charge in [-0.25, -0.2) is 0 Å². The first-order chi connectivity index (χ1) is 11.8. The Kier molecular flexibility index (Phi) is 4.59. The molecule has 5 fully saturated rings. The van der Waals surface area contributed by atoms with E-state index in [9.17, 15) is 0 Å². The zero-order valence-corrected chi connectivity index (χ0v) is 14.7. The van der Waals surface area contributed by atoms with Crippen molar-refractivity contribution < 1.29 is 18.9 Å². The van der Waals surface area contributed by atoms with Crippen molar-refractivity contribution in [2.75, 3.05) is 13.2 Å². The third-order valence-corrected chi connectivity index (χ3v) is 7.01. The van der Waals surface area contributed by atoms with Gasteiger partial charge < -0.3 is 18.9 Å². The molecule has 3 aliphatic carbocycles. The number of hydrogen-bond donors (Lipinski definition) is 0. The quantitative estimate of drug-likeness (QED) is 0.697. The minimum atomic E-state index is 0.467. The number of rotatable bonds is 6. The van der Waals surface area contributed by atoms with Crippen molar-refractivity contribution in [3.05, 3.63) is 0 Å². The van der Waals surface area contributed by atoms with Crippen molar-refractivity contribution in [2.45, 2.75) is 101 Å². The maximum Gasteiger partial charge on any atom is 0.0866 e. The smallest absolute Gasteiger partial charge is 0.0866 e. The molecule has 3 saturated carbocycles. The highest BCUT2D eigenvalue weighted by Crippen LogP contribution is 2.39. The van der Waals surface area contributed by atoms with Crippen molar-refractivity contribution in [3.63, 3.8) is 0 Å². The van der Waals surface area contributed by atoms with Crippen LogP contribution in [0.4, 0.5) is 0 Å². The Morgan fingerprint density at radius 2 is 1.00 bits per heavy atom. The molecule has 4 heteroatoms. The molecule has 6 atom stereocenters. The van der Waals surface area contributed by atoms with Gasteiger partial charge in [-0.1, -0.05) is 0 Å². The predicted octanol–water partition coefficient (Wildman–Crippen LogP) is 3.47. The van der Waals surface area contributed by atoms with Crippen LogP contribution in [-0.4, -0.2) is 49.8 Å². The van der Waals surface area contributed by atoms with E-state index in [1.807, 2.05) is 0 Å². The molecular weight excluding hydrogens is 304 g/mol. The van der Waals surface area contributed by atoms with E-state index >= 15 is 0 Å². The molecule has 2 aliphatic heterocycles. The van der Waals surface area contributed by atoms with Crippen LogP contribution in [0, 0.1) is 11.8 Å². The Morgan fingerprint density at radius 1 is 0.542 bits per heavy atom. The summed E-state index contributed by atoms with van der Waals surface area (Å²) < 4.78 is 23.6. The molecule has 0 bridgehead atoms. The summed E-state index contributed by atoms with van der Waals surface area (Å²) in [5, 5.41) is 0. The van der Waals surface area contributed by atoms with E-state index in [0.717, 1.165) is 37.9 Å². The van der Waals surface area contributed by atoms with Crippen LogP contribution in [0.1, 0.15) is 64.2 Å². The monoisotopic (exact) mass is 336 g/mol. The average Bonchev–Trinajstić information content (AvgIpc) is 3.52. The highest BCUT2D eigenvalue weighted by atomic mass is 16.6. The number of epoxide rings is 2. The molecule has 0 N–H and O–H groups in total. The zero-order valence-electron chi connectivity index (χ0n) is 14.7. The van der Waals surface area contributed by atoms with Crippen molar-refractivity contribution in [1.82, 2.24) is 0 Å². The summed E-state index contributed by atoms with van der Waals surface area (Å²) in [6.07, 6.45) is 15.6. The Balaban J connectivity index is 0.962. The van der Waals surface area contributed by atoms with Gasteiger partial charge in [-0.3, -0.25) is 0 Å². The summed E-state index contributed by atoms with van der Waals surface area (Å²) in [6.45, 7) is 1.94. The lowest BCUT2D eigenvalue weighted by Gasteiger charge is -2.31. The molecule has 24 heavy (non-hydrogen) atoms. The molecule has 5 aliphatic rings. The molecule has 0 aromatic rings. The van der Waals surface area contributed by atoms with Crippen molar-refractivity contribution in [3.8, 4) is 0 Å². The first kappa shape index (κ1) is 16.0. The van der Waals surface area contributed by atoms with Gasteiger partial charge in [0.05, 0.1) is 36.6 Å². The van der Waals surface area contributed by atoms with Gasteiger partial charge in [-0.05, 0) is 63.2 Å². The molecule has 4 nitrogen and oxygen atoms in total. The first-order valence-electron chi connectivity index (χ1n) is 10.4. The van der Waals surface area contributed by atoms with E-state index in [1.165, 1.54) is 51.4 Å². The number of ether oxygens (including phenoxy) is 4. The molecule has 0 aromatic carbocycles. The van der Waals surface area contributed by atoms with Crippen LogP contribution in [0.2, 0.25) is 0 Å². The molecule has 2 heterocycles. The Hall–Kier alpha value is -0.160. The highest BCUT2D eigenvalue weighted by Gasteiger charge is 2.45. The van der Waals surface area contributed by atoms with Crippen LogP contribution in [0.15, 0.2) is 0 Å². The summed E-state index contributed by atoms with van der Waals surface area (Å²) in [5.74, 6) is 1.55. The van der Waals surface area contributed by atoms with E-state index in [1.54, 1.807) is 0 Å². The molecule has 6 unspecified atom stereocenters. The zero-order chi connectivity index (χ0) is 15.9. The average molecular weight is 336 g/mol. The van der Waals surface area contributed by atoms with Crippen LogP contribution in [0.3, 0.4) is 0 Å². The molecule has 0 spiro atoms.